The molecule has 2 rings (SSSR count). The van der Waals surface area contributed by atoms with Crippen molar-refractivity contribution in [1.82, 2.24) is 4.90 Å². The van der Waals surface area contributed by atoms with Crippen molar-refractivity contribution < 1.29 is 18.7 Å². The molecule has 0 radical (unpaired) electrons. The van der Waals surface area contributed by atoms with Crippen molar-refractivity contribution in [3.8, 4) is 0 Å². The number of ether oxygens (including phenoxy) is 2. The molecule has 0 aliphatic carbocycles. The van der Waals surface area contributed by atoms with Crippen molar-refractivity contribution in [3.63, 3.8) is 0 Å². The number of methoxy groups -OCH3 is 1. The highest BCUT2D eigenvalue weighted by atomic mass is 19.1. The number of amides is 1. The molecule has 1 aliphatic rings. The molecular formula is C17H25FN2O3. The zero-order valence-electron chi connectivity index (χ0n) is 13.8. The molecule has 0 aromatic heterocycles. The molecule has 128 valence electrons. The molecule has 1 saturated heterocycles. The lowest BCUT2D eigenvalue weighted by molar-refractivity contribution is -0.143. The van der Waals surface area contributed by atoms with Crippen molar-refractivity contribution in [3.05, 3.63) is 30.1 Å². The van der Waals surface area contributed by atoms with Crippen LogP contribution >= 0.6 is 0 Å². The molecule has 0 saturated carbocycles. The van der Waals surface area contributed by atoms with Crippen LogP contribution in [0.1, 0.15) is 13.3 Å². The van der Waals surface area contributed by atoms with Gasteiger partial charge in [0.15, 0.2) is 0 Å². The molecule has 1 aliphatic heterocycles. The highest BCUT2D eigenvalue weighted by Crippen LogP contribution is 2.17. The highest BCUT2D eigenvalue weighted by molar-refractivity contribution is 5.80. The van der Waals surface area contributed by atoms with Gasteiger partial charge in [-0.3, -0.25) is 4.79 Å². The van der Waals surface area contributed by atoms with Crippen LogP contribution in [0.15, 0.2) is 24.3 Å². The normalized spacial score (nSPS) is 17.0. The van der Waals surface area contributed by atoms with Gasteiger partial charge in [0.1, 0.15) is 11.9 Å². The molecule has 1 aromatic rings. The number of anilines is 1. The molecule has 5 nitrogen and oxygen atoms in total. The van der Waals surface area contributed by atoms with Crippen molar-refractivity contribution in [2.24, 2.45) is 0 Å². The molecule has 0 N–H and O–H groups in total. The van der Waals surface area contributed by atoms with Gasteiger partial charge >= 0.3 is 0 Å². The lowest BCUT2D eigenvalue weighted by atomic mass is 10.2. The summed E-state index contributed by atoms with van der Waals surface area (Å²) in [5.41, 5.74) is 0.991. The van der Waals surface area contributed by atoms with Crippen LogP contribution in [-0.4, -0.2) is 63.4 Å². The molecule has 1 amide bonds. The van der Waals surface area contributed by atoms with E-state index in [1.807, 2.05) is 4.90 Å². The third-order valence-electron chi connectivity index (χ3n) is 4.00. The largest absolute Gasteiger partial charge is 0.382 e. The quantitative estimate of drug-likeness (QED) is 0.750. The van der Waals surface area contributed by atoms with Gasteiger partial charge in [-0.2, -0.15) is 0 Å². The molecule has 1 heterocycles. The second kappa shape index (κ2) is 8.84. The third-order valence-corrected chi connectivity index (χ3v) is 4.00. The molecule has 1 fully saturated rings. The first-order valence-electron chi connectivity index (χ1n) is 8.01. The number of carbonyl (C=O) groups is 1. The number of benzene rings is 1. The van der Waals surface area contributed by atoms with Crippen LogP contribution in [0.5, 0.6) is 0 Å². The monoisotopic (exact) mass is 324 g/mol. The number of rotatable bonds is 6. The number of halogens is 1. The Hall–Kier alpha value is -1.66. The van der Waals surface area contributed by atoms with Crippen LogP contribution in [0.3, 0.4) is 0 Å². The van der Waals surface area contributed by atoms with Gasteiger partial charge in [0.25, 0.3) is 5.91 Å². The number of hydrogen-bond acceptors (Lipinski definition) is 4. The first-order valence-corrected chi connectivity index (χ1v) is 8.01. The summed E-state index contributed by atoms with van der Waals surface area (Å²) >= 11 is 0. The van der Waals surface area contributed by atoms with Crippen molar-refractivity contribution in [2.45, 2.75) is 19.4 Å². The summed E-state index contributed by atoms with van der Waals surface area (Å²) in [6.45, 7) is 5.63. The topological polar surface area (TPSA) is 42.0 Å². The third kappa shape index (κ3) is 5.18. The fourth-order valence-electron chi connectivity index (χ4n) is 2.68. The van der Waals surface area contributed by atoms with E-state index in [9.17, 15) is 9.18 Å². The Bertz CT molecular complexity index is 495. The lowest BCUT2D eigenvalue weighted by Gasteiger charge is -2.25. The summed E-state index contributed by atoms with van der Waals surface area (Å²) in [5, 5.41) is 0. The fraction of sp³-hybridized carbons (Fsp3) is 0.588. The van der Waals surface area contributed by atoms with Gasteiger partial charge in [-0.15, -0.1) is 0 Å². The van der Waals surface area contributed by atoms with Crippen LogP contribution in [0.2, 0.25) is 0 Å². The van der Waals surface area contributed by atoms with E-state index in [0.29, 0.717) is 26.3 Å². The maximum absolute atomic E-state index is 13.0. The van der Waals surface area contributed by atoms with Gasteiger partial charge < -0.3 is 19.3 Å². The zero-order chi connectivity index (χ0) is 16.7. The summed E-state index contributed by atoms with van der Waals surface area (Å²) in [6.07, 6.45) is 0.427. The summed E-state index contributed by atoms with van der Waals surface area (Å²) in [6, 6.07) is 6.50. The van der Waals surface area contributed by atoms with Gasteiger partial charge in [0.05, 0.1) is 13.2 Å². The fourth-order valence-corrected chi connectivity index (χ4v) is 2.68. The second-order valence-corrected chi connectivity index (χ2v) is 5.65. The molecule has 23 heavy (non-hydrogen) atoms. The predicted octanol–water partition coefficient (Wildman–Crippen LogP) is 1.92. The summed E-state index contributed by atoms with van der Waals surface area (Å²) < 4.78 is 23.4. The van der Waals surface area contributed by atoms with E-state index in [1.165, 1.54) is 12.1 Å². The predicted molar refractivity (Wildman–Crippen MR) is 87.1 cm³/mol. The highest BCUT2D eigenvalue weighted by Gasteiger charge is 2.23. The Kier molecular flexibility index (Phi) is 6.80. The van der Waals surface area contributed by atoms with Gasteiger partial charge in [0, 0.05) is 39.0 Å². The average Bonchev–Trinajstić information content (AvgIpc) is 2.81. The van der Waals surface area contributed by atoms with E-state index < -0.39 is 6.10 Å². The molecule has 6 heteroatoms. The minimum Gasteiger partial charge on any atom is -0.382 e. The van der Waals surface area contributed by atoms with E-state index in [-0.39, 0.29) is 11.7 Å². The van der Waals surface area contributed by atoms with Gasteiger partial charge in [-0.25, -0.2) is 4.39 Å². The van der Waals surface area contributed by atoms with E-state index >= 15 is 0 Å². The Balaban J connectivity index is 1.87. The SMILES string of the molecule is COCCOC(C)C(=O)N1CCCN(c2ccc(F)cc2)CC1. The first-order chi connectivity index (χ1) is 11.1. The average molecular weight is 324 g/mol. The minimum atomic E-state index is -0.456. The number of carbonyl (C=O) groups excluding carboxylic acids is 1. The molecule has 0 bridgehead atoms. The maximum atomic E-state index is 13.0. The lowest BCUT2D eigenvalue weighted by Crippen LogP contribution is -2.41. The van der Waals surface area contributed by atoms with Crippen molar-refractivity contribution in [1.29, 1.82) is 0 Å². The van der Waals surface area contributed by atoms with Gasteiger partial charge in [-0.1, -0.05) is 0 Å². The van der Waals surface area contributed by atoms with Gasteiger partial charge in [0.2, 0.25) is 0 Å². The first kappa shape index (κ1) is 17.7. The minimum absolute atomic E-state index is 0.0158. The summed E-state index contributed by atoms with van der Waals surface area (Å²) in [7, 11) is 1.61. The molecule has 1 unspecified atom stereocenters. The van der Waals surface area contributed by atoms with Crippen molar-refractivity contribution >= 4 is 11.6 Å². The summed E-state index contributed by atoms with van der Waals surface area (Å²) in [4.78, 5) is 16.5. The molecule has 1 atom stereocenters. The second-order valence-electron chi connectivity index (χ2n) is 5.65. The molecule has 1 aromatic carbocycles. The van der Waals surface area contributed by atoms with E-state index in [0.717, 1.165) is 25.2 Å². The Morgan fingerprint density at radius 1 is 1.17 bits per heavy atom. The number of hydrogen-bond donors (Lipinski definition) is 0. The van der Waals surface area contributed by atoms with Crippen LogP contribution in [-0.2, 0) is 14.3 Å². The Morgan fingerprint density at radius 2 is 1.91 bits per heavy atom. The maximum Gasteiger partial charge on any atom is 0.251 e. The van der Waals surface area contributed by atoms with Crippen LogP contribution < -0.4 is 4.90 Å². The van der Waals surface area contributed by atoms with Crippen LogP contribution in [0, 0.1) is 5.82 Å². The van der Waals surface area contributed by atoms with Crippen LogP contribution in [0.25, 0.3) is 0 Å². The van der Waals surface area contributed by atoms with Gasteiger partial charge in [-0.05, 0) is 37.6 Å². The number of nitrogens with zero attached hydrogens (tertiary/aromatic N) is 2. The van der Waals surface area contributed by atoms with Crippen molar-refractivity contribution in [2.75, 3.05) is 51.4 Å². The standard InChI is InChI=1S/C17H25FN2O3/c1-14(23-13-12-22-2)17(21)20-9-3-8-19(10-11-20)16-6-4-15(18)5-7-16/h4-7,14H,3,8-13H2,1-2H3. The van der Waals surface area contributed by atoms with E-state index in [1.54, 1.807) is 26.2 Å². The van der Waals surface area contributed by atoms with E-state index in [2.05, 4.69) is 4.90 Å². The smallest absolute Gasteiger partial charge is 0.251 e. The van der Waals surface area contributed by atoms with E-state index in [4.69, 9.17) is 9.47 Å². The molecular weight excluding hydrogens is 299 g/mol. The summed E-state index contributed by atoms with van der Waals surface area (Å²) in [5.74, 6) is -0.218. The molecule has 0 spiro atoms. The zero-order valence-corrected chi connectivity index (χ0v) is 13.8. The van der Waals surface area contributed by atoms with Crippen LogP contribution in [0.4, 0.5) is 10.1 Å². The Labute approximate surface area is 137 Å². The Morgan fingerprint density at radius 3 is 2.61 bits per heavy atom.